The first-order valence-corrected chi connectivity index (χ1v) is 6.19. The molecule has 82 valence electrons. The minimum absolute atomic E-state index is 0.299. The molecule has 0 aliphatic carbocycles. The number of carboxylic acids is 1. The summed E-state index contributed by atoms with van der Waals surface area (Å²) in [5.41, 5.74) is 0. The lowest BCUT2D eigenvalue weighted by Gasteiger charge is -1.98. The van der Waals surface area contributed by atoms with Gasteiger partial charge in [0, 0.05) is 10.3 Å². The number of hydrogen-bond donors (Lipinski definition) is 1. The Hall–Kier alpha value is -1.11. The van der Waals surface area contributed by atoms with Crippen molar-refractivity contribution in [1.82, 2.24) is 9.97 Å². The first kappa shape index (κ1) is 11.4. The van der Waals surface area contributed by atoms with Crippen LogP contribution in [0.2, 0.25) is 5.02 Å². The Kier molecular flexibility index (Phi) is 3.42. The molecule has 0 saturated heterocycles. The molecule has 0 aliphatic rings. The molecule has 0 aliphatic heterocycles. The highest BCUT2D eigenvalue weighted by Crippen LogP contribution is 2.33. The summed E-state index contributed by atoms with van der Waals surface area (Å²) >= 11 is 8.38. The predicted molar refractivity (Wildman–Crippen MR) is 62.4 cm³/mol. The van der Waals surface area contributed by atoms with Gasteiger partial charge in [0.25, 0.3) is 0 Å². The summed E-state index contributed by atoms with van der Waals surface area (Å²) in [4.78, 5) is 19.6. The predicted octanol–water partition coefficient (Wildman–Crippen LogP) is 3.04. The minimum Gasteiger partial charge on any atom is -0.477 e. The highest BCUT2D eigenvalue weighted by Gasteiger charge is 2.09. The number of carbonyl (C=O) groups is 1. The van der Waals surface area contributed by atoms with Crippen LogP contribution in [0.25, 0.3) is 0 Å². The van der Waals surface area contributed by atoms with Crippen molar-refractivity contribution in [2.45, 2.75) is 9.92 Å². The second kappa shape index (κ2) is 4.82. The molecular weight excluding hydrogens is 268 g/mol. The minimum atomic E-state index is -0.925. The third kappa shape index (κ3) is 2.52. The molecule has 2 aromatic heterocycles. The van der Waals surface area contributed by atoms with E-state index in [1.54, 1.807) is 11.4 Å². The summed E-state index contributed by atoms with van der Waals surface area (Å²) < 4.78 is 0. The quantitative estimate of drug-likeness (QED) is 0.870. The van der Waals surface area contributed by atoms with E-state index in [1.807, 2.05) is 0 Å². The lowest BCUT2D eigenvalue weighted by molar-refractivity contribution is 0.0702. The Bertz CT molecular complexity index is 530. The maximum absolute atomic E-state index is 10.7. The highest BCUT2D eigenvalue weighted by atomic mass is 35.5. The third-order valence-electron chi connectivity index (χ3n) is 1.63. The average Bonchev–Trinajstić information content (AvgIpc) is 2.70. The molecule has 2 aromatic rings. The number of rotatable bonds is 3. The van der Waals surface area contributed by atoms with Gasteiger partial charge in [-0.3, -0.25) is 0 Å². The molecule has 0 bridgehead atoms. The van der Waals surface area contributed by atoms with E-state index in [-0.39, 0.29) is 0 Å². The van der Waals surface area contributed by atoms with E-state index in [0.29, 0.717) is 14.9 Å². The van der Waals surface area contributed by atoms with Crippen LogP contribution in [-0.4, -0.2) is 21.0 Å². The molecule has 0 fully saturated rings. The molecule has 0 spiro atoms. The summed E-state index contributed by atoms with van der Waals surface area (Å²) in [6.45, 7) is 0. The fourth-order valence-electron chi connectivity index (χ4n) is 0.973. The summed E-state index contributed by atoms with van der Waals surface area (Å²) in [7, 11) is 0. The fourth-order valence-corrected chi connectivity index (χ4v) is 2.86. The molecule has 2 rings (SSSR count). The highest BCUT2D eigenvalue weighted by molar-refractivity contribution is 7.99. The number of aromatic carboxylic acids is 1. The zero-order valence-corrected chi connectivity index (χ0v) is 10.1. The second-order valence-corrected chi connectivity index (χ2v) is 5.11. The van der Waals surface area contributed by atoms with E-state index in [2.05, 4.69) is 9.97 Å². The van der Waals surface area contributed by atoms with Crippen molar-refractivity contribution in [3.05, 3.63) is 33.9 Å². The van der Waals surface area contributed by atoms with Gasteiger partial charge in [0.1, 0.15) is 16.2 Å². The van der Waals surface area contributed by atoms with Gasteiger partial charge < -0.3 is 5.11 Å². The number of carboxylic acid groups (broad SMARTS) is 1. The van der Waals surface area contributed by atoms with Gasteiger partial charge in [-0.15, -0.1) is 11.3 Å². The van der Waals surface area contributed by atoms with Gasteiger partial charge in [0.2, 0.25) is 0 Å². The van der Waals surface area contributed by atoms with E-state index in [0.717, 1.165) is 4.90 Å². The van der Waals surface area contributed by atoms with E-state index in [9.17, 15) is 4.79 Å². The molecule has 0 aromatic carbocycles. The normalized spacial score (nSPS) is 10.3. The van der Waals surface area contributed by atoms with Crippen molar-refractivity contribution in [3.63, 3.8) is 0 Å². The lowest BCUT2D eigenvalue weighted by atomic mass is 10.5. The van der Waals surface area contributed by atoms with Crippen molar-refractivity contribution in [2.24, 2.45) is 0 Å². The van der Waals surface area contributed by atoms with Gasteiger partial charge in [0.15, 0.2) is 0 Å². The third-order valence-corrected chi connectivity index (χ3v) is 4.08. The first-order chi connectivity index (χ1) is 7.66. The molecule has 0 atom stereocenters. The first-order valence-electron chi connectivity index (χ1n) is 4.12. The maximum Gasteiger partial charge on any atom is 0.345 e. The lowest BCUT2D eigenvalue weighted by Crippen LogP contribution is -1.89. The van der Waals surface area contributed by atoms with Gasteiger partial charge in [-0.2, -0.15) is 0 Å². The molecule has 0 radical (unpaired) electrons. The Morgan fingerprint density at radius 2 is 2.38 bits per heavy atom. The number of nitrogens with zero attached hydrogens (tertiary/aromatic N) is 2. The van der Waals surface area contributed by atoms with E-state index < -0.39 is 5.97 Å². The Morgan fingerprint density at radius 1 is 1.56 bits per heavy atom. The Balaban J connectivity index is 2.21. The van der Waals surface area contributed by atoms with Gasteiger partial charge in [0.05, 0.1) is 11.2 Å². The molecule has 4 nitrogen and oxygen atoms in total. The van der Waals surface area contributed by atoms with Crippen LogP contribution >= 0.6 is 34.7 Å². The van der Waals surface area contributed by atoms with Crippen molar-refractivity contribution < 1.29 is 9.90 Å². The van der Waals surface area contributed by atoms with Crippen molar-refractivity contribution in [1.29, 1.82) is 0 Å². The molecule has 16 heavy (non-hydrogen) atoms. The van der Waals surface area contributed by atoms with Crippen LogP contribution in [0.1, 0.15) is 9.67 Å². The summed E-state index contributed by atoms with van der Waals surface area (Å²) in [6.07, 6.45) is 2.90. The average molecular weight is 273 g/mol. The fraction of sp³-hybridized carbons (Fsp3) is 0. The van der Waals surface area contributed by atoms with Gasteiger partial charge in [-0.25, -0.2) is 14.8 Å². The standard InChI is InChI=1S/C9H5ClN2O2S2/c10-6-2-11-4-12-8(6)16-5-1-7(9(13)14)15-3-5/h1-4H,(H,13,14). The zero-order chi connectivity index (χ0) is 11.5. The van der Waals surface area contributed by atoms with Crippen LogP contribution < -0.4 is 0 Å². The van der Waals surface area contributed by atoms with Gasteiger partial charge in [-0.1, -0.05) is 23.4 Å². The van der Waals surface area contributed by atoms with Gasteiger partial charge in [-0.05, 0) is 6.07 Å². The van der Waals surface area contributed by atoms with E-state index >= 15 is 0 Å². The Labute approximate surface area is 104 Å². The van der Waals surface area contributed by atoms with Crippen molar-refractivity contribution in [2.75, 3.05) is 0 Å². The molecule has 2 heterocycles. The molecule has 1 N–H and O–H groups in total. The summed E-state index contributed by atoms with van der Waals surface area (Å²) in [5.74, 6) is -0.925. The van der Waals surface area contributed by atoms with Crippen LogP contribution in [-0.2, 0) is 0 Å². The second-order valence-electron chi connectivity index (χ2n) is 2.73. The molecule has 0 unspecified atom stereocenters. The van der Waals surface area contributed by atoms with E-state index in [1.165, 1.54) is 35.6 Å². The van der Waals surface area contributed by atoms with Crippen molar-refractivity contribution in [3.8, 4) is 0 Å². The SMILES string of the molecule is O=C(O)c1cc(Sc2ncncc2Cl)cs1. The summed E-state index contributed by atoms with van der Waals surface area (Å²) in [6, 6.07) is 1.59. The number of aromatic nitrogens is 2. The number of halogens is 1. The van der Waals surface area contributed by atoms with E-state index in [4.69, 9.17) is 16.7 Å². The topological polar surface area (TPSA) is 63.1 Å². The monoisotopic (exact) mass is 272 g/mol. The van der Waals surface area contributed by atoms with Crippen LogP contribution in [0.4, 0.5) is 0 Å². The molecule has 0 amide bonds. The van der Waals surface area contributed by atoms with Crippen LogP contribution in [0.15, 0.2) is 33.9 Å². The maximum atomic E-state index is 10.7. The Morgan fingerprint density at radius 3 is 3.00 bits per heavy atom. The van der Waals surface area contributed by atoms with Crippen LogP contribution in [0.3, 0.4) is 0 Å². The number of thiophene rings is 1. The largest absolute Gasteiger partial charge is 0.477 e. The molecule has 0 saturated carbocycles. The van der Waals surface area contributed by atoms with Crippen LogP contribution in [0, 0.1) is 0 Å². The van der Waals surface area contributed by atoms with Gasteiger partial charge >= 0.3 is 5.97 Å². The molecular formula is C9H5ClN2O2S2. The van der Waals surface area contributed by atoms with Crippen LogP contribution in [0.5, 0.6) is 0 Å². The smallest absolute Gasteiger partial charge is 0.345 e. The summed E-state index contributed by atoms with van der Waals surface area (Å²) in [5, 5.41) is 11.6. The number of hydrogen-bond acceptors (Lipinski definition) is 5. The zero-order valence-electron chi connectivity index (χ0n) is 7.75. The molecule has 7 heteroatoms. The van der Waals surface area contributed by atoms with Crippen molar-refractivity contribution >= 4 is 40.7 Å².